The summed E-state index contributed by atoms with van der Waals surface area (Å²) in [5.74, 6) is 0. The number of ether oxygens (including phenoxy) is 1. The fourth-order valence-electron chi connectivity index (χ4n) is 0.644. The van der Waals surface area contributed by atoms with Gasteiger partial charge in [0, 0.05) is 6.61 Å². The predicted molar refractivity (Wildman–Crippen MR) is 33.3 cm³/mol. The van der Waals surface area contributed by atoms with E-state index in [1.807, 2.05) is 0 Å². The maximum absolute atomic E-state index is 5.04. The number of hydrogen-bond acceptors (Lipinski definition) is 1. The van der Waals surface area contributed by atoms with Gasteiger partial charge >= 0.3 is 30.0 Å². The minimum absolute atomic E-state index is 0.296. The van der Waals surface area contributed by atoms with Gasteiger partial charge in [0.25, 0.3) is 0 Å². The second-order valence-electron chi connectivity index (χ2n) is 1.64. The van der Waals surface area contributed by atoms with E-state index >= 15 is 0 Å². The first-order valence-corrected chi connectivity index (χ1v) is 9.56. The van der Waals surface area contributed by atoms with Gasteiger partial charge in [0.2, 0.25) is 0 Å². The number of hydrogen-bond donors (Lipinski definition) is 0. The molecule has 0 aliphatic carbocycles. The van der Waals surface area contributed by atoms with Crippen molar-refractivity contribution in [3.05, 3.63) is 6.92 Å². The van der Waals surface area contributed by atoms with Gasteiger partial charge in [-0.3, -0.25) is 0 Å². The van der Waals surface area contributed by atoms with Gasteiger partial charge in [0.05, 0.1) is 0 Å². The molecule has 1 aliphatic heterocycles. The van der Waals surface area contributed by atoms with E-state index < -0.39 is 0 Å². The molecule has 8 heavy (non-hydrogen) atoms. The molecule has 0 radical (unpaired) electrons. The Morgan fingerprint density at radius 3 is 2.38 bits per heavy atom. The van der Waals surface area contributed by atoms with Gasteiger partial charge < -0.3 is 11.7 Å². The number of halogens is 1. The van der Waals surface area contributed by atoms with Crippen molar-refractivity contribution in [3.8, 4) is 0 Å². The van der Waals surface area contributed by atoms with E-state index in [-0.39, 0.29) is 0 Å². The molecule has 1 nitrogen and oxygen atoms in total. The molecule has 0 aromatic heterocycles. The fourth-order valence-corrected chi connectivity index (χ4v) is 0.644. The third-order valence-electron chi connectivity index (χ3n) is 1.02. The zero-order valence-electron chi connectivity index (χ0n) is 4.90. The van der Waals surface area contributed by atoms with Crippen molar-refractivity contribution in [2.45, 2.75) is 18.9 Å². The zero-order chi connectivity index (χ0) is 6.41. The average Bonchev–Trinajstić information content (AvgIpc) is 2.24. The van der Waals surface area contributed by atoms with Crippen LogP contribution in [0, 0.1) is 6.92 Å². The fraction of sp³-hybridized carbons (Fsp3) is 0.800. The van der Waals surface area contributed by atoms with Crippen LogP contribution < -0.4 is 0 Å². The van der Waals surface area contributed by atoms with Crippen LogP contribution in [0.3, 0.4) is 0 Å². The summed E-state index contributed by atoms with van der Waals surface area (Å²) in [5.41, 5.74) is 0. The molecule has 0 amide bonds. The Morgan fingerprint density at radius 1 is 1.62 bits per heavy atom. The second kappa shape index (κ2) is 6.19. The van der Waals surface area contributed by atoms with Crippen LogP contribution >= 0.6 is 13.6 Å². The summed E-state index contributed by atoms with van der Waals surface area (Å²) in [6, 6.07) is 0. The van der Waals surface area contributed by atoms with Gasteiger partial charge in [-0.25, -0.2) is 0 Å². The summed E-state index contributed by atoms with van der Waals surface area (Å²) in [6.07, 6.45) is 2.65. The van der Waals surface area contributed by atoms with Crippen molar-refractivity contribution in [2.75, 3.05) is 6.61 Å². The van der Waals surface area contributed by atoms with Gasteiger partial charge in [0.15, 0.2) is 0 Å². The van der Waals surface area contributed by atoms with Crippen molar-refractivity contribution in [1.82, 2.24) is 0 Å². The molecule has 0 N–H and O–H groups in total. The molecule has 1 unspecified atom stereocenters. The van der Waals surface area contributed by atoms with E-state index in [0.717, 1.165) is 13.0 Å². The van der Waals surface area contributed by atoms with E-state index in [2.05, 4.69) is 20.5 Å². The third-order valence-corrected chi connectivity index (χ3v) is 1.02. The molecule has 3 heteroatoms. The Morgan fingerprint density at radius 2 is 2.25 bits per heavy atom. The van der Waals surface area contributed by atoms with Gasteiger partial charge in [-0.15, -0.1) is 0 Å². The van der Waals surface area contributed by atoms with E-state index in [1.165, 1.54) is 22.8 Å². The van der Waals surface area contributed by atoms with Crippen LogP contribution in [0.25, 0.3) is 0 Å². The normalized spacial score (nSPS) is 26.8. The zero-order valence-corrected chi connectivity index (χ0v) is 9.45. The Kier molecular flexibility index (Phi) is 7.01. The third kappa shape index (κ3) is 3.99. The van der Waals surface area contributed by atoms with Crippen molar-refractivity contribution in [3.63, 3.8) is 0 Å². The molecule has 0 spiro atoms. The summed E-state index contributed by atoms with van der Waals surface area (Å²) in [4.78, 5) is 0. The van der Waals surface area contributed by atoms with Gasteiger partial charge in [0.1, 0.15) is 0 Å². The molecule has 0 bridgehead atoms. The van der Waals surface area contributed by atoms with E-state index in [0.29, 0.717) is 6.10 Å². The molecule has 1 atom stereocenters. The first kappa shape index (κ1) is 9.06. The summed E-state index contributed by atoms with van der Waals surface area (Å²) in [5, 5.41) is 0. The summed E-state index contributed by atoms with van der Waals surface area (Å²) in [7, 11) is 0. The Hall–Kier alpha value is 1.06. The molecule has 1 saturated heterocycles. The first-order chi connectivity index (χ1) is 3.89. The molecule has 1 rings (SSSR count). The first-order valence-electron chi connectivity index (χ1n) is 2.61. The van der Waals surface area contributed by atoms with E-state index in [4.69, 9.17) is 4.74 Å². The van der Waals surface area contributed by atoms with E-state index in [1.54, 1.807) is 0 Å². The SMILES string of the molecule is [CH2-]C1CCCO1.[Zn+][Br]. The quantitative estimate of drug-likeness (QED) is 0.456. The molecule has 44 valence electrons. The molecule has 0 aromatic carbocycles. The van der Waals surface area contributed by atoms with Crippen LogP contribution in [-0.4, -0.2) is 12.7 Å². The summed E-state index contributed by atoms with van der Waals surface area (Å²) in [6.45, 7) is 4.64. The average molecular weight is 230 g/mol. The van der Waals surface area contributed by atoms with E-state index in [9.17, 15) is 0 Å². The Bertz CT molecular complexity index is 45.7. The predicted octanol–water partition coefficient (Wildman–Crippen LogP) is 1.84. The van der Waals surface area contributed by atoms with Crippen molar-refractivity contribution in [1.29, 1.82) is 0 Å². The Balaban J connectivity index is 0.000000222. The molecule has 1 heterocycles. The van der Waals surface area contributed by atoms with Crippen LogP contribution in [0.5, 0.6) is 0 Å². The second-order valence-corrected chi connectivity index (χ2v) is 1.64. The molecular formula is C5H9BrOZn. The minimum atomic E-state index is 0.296. The molecule has 1 aliphatic rings. The molecule has 0 saturated carbocycles. The summed E-state index contributed by atoms with van der Waals surface area (Å²) < 4.78 is 5.04. The van der Waals surface area contributed by atoms with Crippen LogP contribution in [0.15, 0.2) is 0 Å². The van der Waals surface area contributed by atoms with Crippen LogP contribution in [0.2, 0.25) is 0 Å². The maximum atomic E-state index is 5.04. The molecule has 1 fully saturated rings. The summed E-state index contributed by atoms with van der Waals surface area (Å²) >= 11 is 4.25. The van der Waals surface area contributed by atoms with Crippen molar-refractivity contribution < 1.29 is 21.1 Å². The number of rotatable bonds is 0. The molecule has 0 aromatic rings. The van der Waals surface area contributed by atoms with Gasteiger partial charge in [-0.2, -0.15) is 0 Å². The monoisotopic (exact) mass is 228 g/mol. The van der Waals surface area contributed by atoms with Gasteiger partial charge in [-0.05, 0) is 6.42 Å². The topological polar surface area (TPSA) is 9.23 Å². The Labute approximate surface area is 67.2 Å². The van der Waals surface area contributed by atoms with Crippen LogP contribution in [-0.2, 0) is 21.1 Å². The van der Waals surface area contributed by atoms with Gasteiger partial charge in [-0.1, -0.05) is 12.5 Å². The van der Waals surface area contributed by atoms with Crippen LogP contribution in [0.1, 0.15) is 12.8 Å². The van der Waals surface area contributed by atoms with Crippen molar-refractivity contribution in [2.24, 2.45) is 0 Å². The molecular weight excluding hydrogens is 221 g/mol. The standard InChI is InChI=1S/C5H9O.BrH.Zn/c1-5-3-2-4-6-5;;/h5H,1-4H2;1H;/q-1;;+2/p-1. The van der Waals surface area contributed by atoms with Crippen molar-refractivity contribution >= 4 is 13.6 Å². The van der Waals surface area contributed by atoms with Crippen LogP contribution in [0.4, 0.5) is 0 Å².